The number of benzene rings is 2. The molecule has 0 saturated heterocycles. The second-order valence-electron chi connectivity index (χ2n) is 7.73. The number of rotatable bonds is 10. The fourth-order valence-electron chi connectivity index (χ4n) is 3.66. The second-order valence-corrected chi connectivity index (χ2v) is 8.13. The maximum Gasteiger partial charge on any atom is 0.118 e. The average molecular weight is 466 g/mol. The lowest BCUT2D eigenvalue weighted by atomic mass is 9.87. The predicted molar refractivity (Wildman–Crippen MR) is 132 cm³/mol. The third-order valence-corrected chi connectivity index (χ3v) is 5.88. The van der Waals surface area contributed by atoms with Crippen LogP contribution in [-0.4, -0.2) is 33.5 Å². The molecule has 0 unspecified atom stereocenters. The number of allylic oxidation sites excluding steroid dienone is 1. The SMILES string of the molecule is C=C[C@H]([C@H](O)CC/C(=C/c1ccc(O)cc1Cl)c1ccccn1)[C@H](O)c1ccc(OC)cc1. The zero-order chi connectivity index (χ0) is 23.8. The van der Waals surface area contributed by atoms with Crippen LogP contribution in [0, 0.1) is 5.92 Å². The minimum Gasteiger partial charge on any atom is -0.508 e. The van der Waals surface area contributed by atoms with Gasteiger partial charge in [0.1, 0.15) is 11.5 Å². The molecule has 1 aromatic heterocycles. The molecular weight excluding hydrogens is 438 g/mol. The van der Waals surface area contributed by atoms with Gasteiger partial charge in [0, 0.05) is 12.1 Å². The Labute approximate surface area is 199 Å². The van der Waals surface area contributed by atoms with Crippen molar-refractivity contribution in [3.8, 4) is 11.5 Å². The van der Waals surface area contributed by atoms with Crippen molar-refractivity contribution in [2.75, 3.05) is 7.11 Å². The third-order valence-electron chi connectivity index (χ3n) is 5.56. The zero-order valence-corrected chi connectivity index (χ0v) is 19.2. The molecule has 5 nitrogen and oxygen atoms in total. The molecule has 0 amide bonds. The summed E-state index contributed by atoms with van der Waals surface area (Å²) in [4.78, 5) is 4.44. The summed E-state index contributed by atoms with van der Waals surface area (Å²) in [5.41, 5.74) is 3.06. The first-order valence-corrected chi connectivity index (χ1v) is 11.0. The predicted octanol–water partition coefficient (Wildman–Crippen LogP) is 5.67. The van der Waals surface area contributed by atoms with Gasteiger partial charge in [-0.1, -0.05) is 35.9 Å². The van der Waals surface area contributed by atoms with Gasteiger partial charge >= 0.3 is 0 Å². The molecule has 3 atom stereocenters. The van der Waals surface area contributed by atoms with Gasteiger partial charge in [-0.2, -0.15) is 0 Å². The quantitative estimate of drug-likeness (QED) is 0.336. The number of halogens is 1. The van der Waals surface area contributed by atoms with Gasteiger partial charge < -0.3 is 20.1 Å². The van der Waals surface area contributed by atoms with Crippen molar-refractivity contribution in [3.05, 3.63) is 101 Å². The smallest absolute Gasteiger partial charge is 0.118 e. The number of aromatic hydroxyl groups is 1. The van der Waals surface area contributed by atoms with E-state index in [1.807, 2.05) is 24.3 Å². The molecule has 0 aliphatic rings. The number of phenols is 1. The van der Waals surface area contributed by atoms with Crippen LogP contribution in [0.25, 0.3) is 11.6 Å². The maximum atomic E-state index is 10.9. The molecule has 0 aliphatic carbocycles. The molecule has 0 spiro atoms. The van der Waals surface area contributed by atoms with E-state index < -0.39 is 18.1 Å². The van der Waals surface area contributed by atoms with Crippen LogP contribution in [0.4, 0.5) is 0 Å². The standard InChI is InChI=1S/C27H28ClNO4/c1-3-23(27(32)18-8-12-22(33-2)13-9-18)26(31)14-10-20(25-6-4-5-15-29-25)16-19-7-11-21(30)17-24(19)28/h3-9,11-13,15-17,23,26-27,30-32H,1,10,14H2,2H3/b20-16-/t23-,26-,27-/m1/s1. The lowest BCUT2D eigenvalue weighted by molar-refractivity contribution is 0.0325. The van der Waals surface area contributed by atoms with Gasteiger partial charge in [-0.25, -0.2) is 0 Å². The molecule has 0 saturated carbocycles. The monoisotopic (exact) mass is 465 g/mol. The van der Waals surface area contributed by atoms with E-state index in [0.29, 0.717) is 29.2 Å². The highest BCUT2D eigenvalue weighted by molar-refractivity contribution is 6.32. The van der Waals surface area contributed by atoms with Gasteiger partial charge in [-0.15, -0.1) is 6.58 Å². The number of hydrogen-bond donors (Lipinski definition) is 3. The van der Waals surface area contributed by atoms with Crippen molar-refractivity contribution < 1.29 is 20.1 Å². The molecular formula is C27H28ClNO4. The van der Waals surface area contributed by atoms with E-state index in [0.717, 1.165) is 16.8 Å². The minimum atomic E-state index is -0.905. The maximum absolute atomic E-state index is 10.9. The van der Waals surface area contributed by atoms with Gasteiger partial charge in [0.15, 0.2) is 0 Å². The average Bonchev–Trinajstić information content (AvgIpc) is 2.84. The largest absolute Gasteiger partial charge is 0.508 e. The van der Waals surface area contributed by atoms with Gasteiger partial charge in [-0.05, 0) is 78.1 Å². The molecule has 3 N–H and O–H groups in total. The third kappa shape index (κ3) is 6.45. The number of aliphatic hydroxyl groups excluding tert-OH is 2. The highest BCUT2D eigenvalue weighted by Crippen LogP contribution is 2.32. The number of aromatic nitrogens is 1. The summed E-state index contributed by atoms with van der Waals surface area (Å²) in [5.74, 6) is 0.230. The summed E-state index contributed by atoms with van der Waals surface area (Å²) < 4.78 is 5.17. The molecule has 172 valence electrons. The van der Waals surface area contributed by atoms with Crippen molar-refractivity contribution in [1.29, 1.82) is 0 Å². The molecule has 2 aromatic carbocycles. The summed E-state index contributed by atoms with van der Waals surface area (Å²) in [5, 5.41) is 31.8. The van der Waals surface area contributed by atoms with Crippen molar-refractivity contribution in [2.45, 2.75) is 25.0 Å². The number of phenolic OH excluding ortho intramolecular Hbond substituents is 1. The van der Waals surface area contributed by atoms with Crippen LogP contribution in [0.5, 0.6) is 11.5 Å². The van der Waals surface area contributed by atoms with Crippen LogP contribution >= 0.6 is 11.6 Å². The Morgan fingerprint density at radius 2 is 1.88 bits per heavy atom. The summed E-state index contributed by atoms with van der Waals surface area (Å²) in [7, 11) is 1.58. The van der Waals surface area contributed by atoms with Crippen LogP contribution in [0.15, 0.2) is 79.5 Å². The Morgan fingerprint density at radius 1 is 1.12 bits per heavy atom. The van der Waals surface area contributed by atoms with Crippen LogP contribution in [0.3, 0.4) is 0 Å². The van der Waals surface area contributed by atoms with Crippen LogP contribution in [0.1, 0.15) is 35.8 Å². The van der Waals surface area contributed by atoms with Gasteiger partial charge in [0.05, 0.1) is 30.0 Å². The fourth-order valence-corrected chi connectivity index (χ4v) is 3.89. The number of ether oxygens (including phenoxy) is 1. The van der Waals surface area contributed by atoms with E-state index >= 15 is 0 Å². The van der Waals surface area contributed by atoms with E-state index in [1.54, 1.807) is 55.8 Å². The number of aliphatic hydroxyl groups is 2. The van der Waals surface area contributed by atoms with E-state index in [1.165, 1.54) is 6.07 Å². The molecule has 1 heterocycles. The summed E-state index contributed by atoms with van der Waals surface area (Å²) in [6.07, 6.45) is 4.33. The van der Waals surface area contributed by atoms with Crippen molar-refractivity contribution in [2.24, 2.45) is 5.92 Å². The highest BCUT2D eigenvalue weighted by atomic mass is 35.5. The molecule has 0 fully saturated rings. The number of nitrogens with zero attached hydrogens (tertiary/aromatic N) is 1. The number of methoxy groups -OCH3 is 1. The van der Waals surface area contributed by atoms with E-state index in [2.05, 4.69) is 11.6 Å². The minimum absolute atomic E-state index is 0.0910. The van der Waals surface area contributed by atoms with E-state index in [-0.39, 0.29) is 5.75 Å². The van der Waals surface area contributed by atoms with Crippen LogP contribution < -0.4 is 4.74 Å². The van der Waals surface area contributed by atoms with Crippen LogP contribution in [-0.2, 0) is 0 Å². The highest BCUT2D eigenvalue weighted by Gasteiger charge is 2.26. The normalized spacial score (nSPS) is 14.4. The second kappa shape index (κ2) is 11.7. The molecule has 3 rings (SSSR count). The Hall–Kier alpha value is -3.12. The molecule has 6 heteroatoms. The Morgan fingerprint density at radius 3 is 2.48 bits per heavy atom. The lowest BCUT2D eigenvalue weighted by Crippen LogP contribution is -2.25. The number of hydrogen-bond acceptors (Lipinski definition) is 5. The fraction of sp³-hybridized carbons (Fsp3) is 0.222. The summed E-state index contributed by atoms with van der Waals surface area (Å²) in [6.45, 7) is 3.82. The molecule has 3 aromatic rings. The Balaban J connectivity index is 1.79. The zero-order valence-electron chi connectivity index (χ0n) is 18.4. The Bertz CT molecular complexity index is 1080. The van der Waals surface area contributed by atoms with Gasteiger partial charge in [-0.3, -0.25) is 4.98 Å². The van der Waals surface area contributed by atoms with E-state index in [4.69, 9.17) is 16.3 Å². The topological polar surface area (TPSA) is 82.8 Å². The summed E-state index contributed by atoms with van der Waals surface area (Å²) >= 11 is 6.30. The van der Waals surface area contributed by atoms with Gasteiger partial charge in [0.25, 0.3) is 0 Å². The van der Waals surface area contributed by atoms with Crippen molar-refractivity contribution in [3.63, 3.8) is 0 Å². The first-order chi connectivity index (χ1) is 15.9. The van der Waals surface area contributed by atoms with Crippen LogP contribution in [0.2, 0.25) is 5.02 Å². The van der Waals surface area contributed by atoms with Crippen molar-refractivity contribution >= 4 is 23.3 Å². The first kappa shape index (κ1) is 24.5. The first-order valence-electron chi connectivity index (χ1n) is 10.7. The molecule has 0 bridgehead atoms. The van der Waals surface area contributed by atoms with Crippen molar-refractivity contribution in [1.82, 2.24) is 4.98 Å². The molecule has 0 radical (unpaired) electrons. The number of pyridine rings is 1. The molecule has 33 heavy (non-hydrogen) atoms. The van der Waals surface area contributed by atoms with E-state index in [9.17, 15) is 15.3 Å². The molecule has 0 aliphatic heterocycles. The van der Waals surface area contributed by atoms with Gasteiger partial charge in [0.2, 0.25) is 0 Å². The lowest BCUT2D eigenvalue weighted by Gasteiger charge is -2.25. The summed E-state index contributed by atoms with van der Waals surface area (Å²) in [6, 6.07) is 17.5. The Kier molecular flexibility index (Phi) is 8.66.